The highest BCUT2D eigenvalue weighted by atomic mass is 16.3. The lowest BCUT2D eigenvalue weighted by atomic mass is 9.85. The van der Waals surface area contributed by atoms with Crippen molar-refractivity contribution in [3.8, 4) is 11.3 Å². The normalized spacial score (nSPS) is 15.6. The van der Waals surface area contributed by atoms with Crippen LogP contribution >= 0.6 is 0 Å². The second kappa shape index (κ2) is 6.80. The zero-order valence-corrected chi connectivity index (χ0v) is 15.7. The summed E-state index contributed by atoms with van der Waals surface area (Å²) in [7, 11) is 0. The summed E-state index contributed by atoms with van der Waals surface area (Å²) < 4.78 is 6.21. The Morgan fingerprint density at radius 3 is 2.74 bits per heavy atom. The standard InChI is InChI=1S/C24H24N2O/c1-16-6-5-9-21-22(16)23-24(27-21)19(11-13-26-23)20-15-18(10-12-25-20)14-17-7-3-2-4-8-17/h5-6,9-13,15,17H,2-4,7-8,14H2,1H3. The van der Waals surface area contributed by atoms with E-state index in [2.05, 4.69) is 35.1 Å². The average molecular weight is 356 g/mol. The number of aryl methyl sites for hydroxylation is 1. The molecule has 0 unspecified atom stereocenters. The molecule has 0 saturated heterocycles. The molecule has 1 saturated carbocycles. The summed E-state index contributed by atoms with van der Waals surface area (Å²) in [6, 6.07) is 12.6. The summed E-state index contributed by atoms with van der Waals surface area (Å²) in [5.41, 5.74) is 7.24. The third kappa shape index (κ3) is 3.01. The number of hydrogen-bond donors (Lipinski definition) is 0. The molecular weight excluding hydrogens is 332 g/mol. The van der Waals surface area contributed by atoms with E-state index in [1.165, 1.54) is 43.2 Å². The number of nitrogens with zero attached hydrogens (tertiary/aromatic N) is 2. The van der Waals surface area contributed by atoms with Crippen LogP contribution < -0.4 is 0 Å². The first-order valence-corrected chi connectivity index (χ1v) is 10.0. The van der Waals surface area contributed by atoms with Gasteiger partial charge in [-0.1, -0.05) is 44.2 Å². The Labute approximate surface area is 159 Å². The Morgan fingerprint density at radius 1 is 1.00 bits per heavy atom. The molecular formula is C24H24N2O. The van der Waals surface area contributed by atoms with Crippen molar-refractivity contribution in [3.05, 3.63) is 59.9 Å². The second-order valence-electron chi connectivity index (χ2n) is 7.84. The van der Waals surface area contributed by atoms with Crippen molar-refractivity contribution in [3.63, 3.8) is 0 Å². The van der Waals surface area contributed by atoms with Gasteiger partial charge in [-0.3, -0.25) is 9.97 Å². The van der Waals surface area contributed by atoms with Crippen LogP contribution in [0.2, 0.25) is 0 Å². The van der Waals surface area contributed by atoms with E-state index in [1.807, 2.05) is 30.6 Å². The Bertz CT molecular complexity index is 1110. The Hall–Kier alpha value is -2.68. The molecule has 3 nitrogen and oxygen atoms in total. The van der Waals surface area contributed by atoms with Crippen molar-refractivity contribution in [1.29, 1.82) is 0 Å². The fourth-order valence-electron chi connectivity index (χ4n) is 4.54. The number of fused-ring (bicyclic) bond motifs is 3. The monoisotopic (exact) mass is 356 g/mol. The first kappa shape index (κ1) is 16.5. The third-order valence-corrected chi connectivity index (χ3v) is 5.94. The van der Waals surface area contributed by atoms with Gasteiger partial charge in [0, 0.05) is 23.3 Å². The van der Waals surface area contributed by atoms with Crippen LogP contribution in [0.3, 0.4) is 0 Å². The van der Waals surface area contributed by atoms with Gasteiger partial charge in [-0.15, -0.1) is 0 Å². The number of pyridine rings is 2. The number of furan rings is 1. The summed E-state index contributed by atoms with van der Waals surface area (Å²) in [5, 5.41) is 1.10. The van der Waals surface area contributed by atoms with E-state index in [0.29, 0.717) is 0 Å². The predicted molar refractivity (Wildman–Crippen MR) is 110 cm³/mol. The van der Waals surface area contributed by atoms with Gasteiger partial charge in [0.2, 0.25) is 0 Å². The van der Waals surface area contributed by atoms with Crippen LogP contribution in [-0.2, 0) is 6.42 Å². The molecule has 5 rings (SSSR count). The summed E-state index contributed by atoms with van der Waals surface area (Å²) in [5.74, 6) is 0.820. The molecule has 1 aliphatic carbocycles. The van der Waals surface area contributed by atoms with E-state index in [0.717, 1.165) is 45.7 Å². The fourth-order valence-corrected chi connectivity index (χ4v) is 4.54. The maximum atomic E-state index is 6.21. The van der Waals surface area contributed by atoms with Crippen LogP contribution in [0.4, 0.5) is 0 Å². The molecule has 3 heterocycles. The maximum absolute atomic E-state index is 6.21. The Kier molecular flexibility index (Phi) is 4.16. The second-order valence-corrected chi connectivity index (χ2v) is 7.84. The molecule has 0 spiro atoms. The zero-order chi connectivity index (χ0) is 18.2. The topological polar surface area (TPSA) is 38.9 Å². The van der Waals surface area contributed by atoms with Gasteiger partial charge in [0.25, 0.3) is 0 Å². The molecule has 3 heteroatoms. The Balaban J connectivity index is 1.58. The molecule has 1 aliphatic rings. The van der Waals surface area contributed by atoms with E-state index in [1.54, 1.807) is 0 Å². The van der Waals surface area contributed by atoms with Gasteiger partial charge in [0.15, 0.2) is 5.58 Å². The minimum atomic E-state index is 0.820. The highest BCUT2D eigenvalue weighted by Gasteiger charge is 2.17. The van der Waals surface area contributed by atoms with Gasteiger partial charge in [0.05, 0.1) is 5.69 Å². The van der Waals surface area contributed by atoms with Gasteiger partial charge in [-0.2, -0.15) is 0 Å². The number of benzene rings is 1. The minimum Gasteiger partial charge on any atom is -0.454 e. The van der Waals surface area contributed by atoms with Crippen LogP contribution in [0.25, 0.3) is 33.3 Å². The molecule has 0 atom stereocenters. The summed E-state index contributed by atoms with van der Waals surface area (Å²) in [6.45, 7) is 2.11. The quantitative estimate of drug-likeness (QED) is 0.422. The number of rotatable bonds is 3. The lowest BCUT2D eigenvalue weighted by molar-refractivity contribution is 0.356. The predicted octanol–water partition coefficient (Wildman–Crippen LogP) is 6.47. The first-order valence-electron chi connectivity index (χ1n) is 10.0. The molecule has 0 radical (unpaired) electrons. The molecule has 1 aromatic carbocycles. The van der Waals surface area contributed by atoms with Crippen LogP contribution in [0.5, 0.6) is 0 Å². The van der Waals surface area contributed by atoms with E-state index < -0.39 is 0 Å². The minimum absolute atomic E-state index is 0.820. The molecule has 1 fully saturated rings. The van der Waals surface area contributed by atoms with Gasteiger partial charge in [0.1, 0.15) is 11.1 Å². The van der Waals surface area contributed by atoms with E-state index in [9.17, 15) is 0 Å². The SMILES string of the molecule is Cc1cccc2oc3c(-c4cc(CC5CCCCC5)ccn4)ccnc3c12. The highest BCUT2D eigenvalue weighted by Crippen LogP contribution is 2.35. The first-order chi connectivity index (χ1) is 13.3. The lowest BCUT2D eigenvalue weighted by Gasteiger charge is -2.21. The van der Waals surface area contributed by atoms with E-state index >= 15 is 0 Å². The zero-order valence-electron chi connectivity index (χ0n) is 15.7. The van der Waals surface area contributed by atoms with Gasteiger partial charge in [-0.25, -0.2) is 0 Å². The molecule has 3 aromatic heterocycles. The Morgan fingerprint density at radius 2 is 1.85 bits per heavy atom. The molecule has 0 aliphatic heterocycles. The van der Waals surface area contributed by atoms with E-state index in [4.69, 9.17) is 4.42 Å². The molecule has 0 amide bonds. The third-order valence-electron chi connectivity index (χ3n) is 5.94. The summed E-state index contributed by atoms with van der Waals surface area (Å²) in [4.78, 5) is 9.27. The highest BCUT2D eigenvalue weighted by molar-refractivity contribution is 6.08. The number of hydrogen-bond acceptors (Lipinski definition) is 3. The number of aromatic nitrogens is 2. The van der Waals surface area contributed by atoms with Crippen LogP contribution in [0.1, 0.15) is 43.2 Å². The van der Waals surface area contributed by atoms with Gasteiger partial charge < -0.3 is 4.42 Å². The maximum Gasteiger partial charge on any atom is 0.163 e. The fraction of sp³-hybridized carbons (Fsp3) is 0.333. The van der Waals surface area contributed by atoms with E-state index in [-0.39, 0.29) is 0 Å². The van der Waals surface area contributed by atoms with Crippen molar-refractivity contribution in [2.75, 3.05) is 0 Å². The summed E-state index contributed by atoms with van der Waals surface area (Å²) >= 11 is 0. The molecule has 0 N–H and O–H groups in total. The smallest absolute Gasteiger partial charge is 0.163 e. The largest absolute Gasteiger partial charge is 0.454 e. The van der Waals surface area contributed by atoms with Crippen molar-refractivity contribution in [2.24, 2.45) is 5.92 Å². The van der Waals surface area contributed by atoms with Crippen molar-refractivity contribution >= 4 is 22.1 Å². The molecule has 27 heavy (non-hydrogen) atoms. The summed E-state index contributed by atoms with van der Waals surface area (Å²) in [6.07, 6.45) is 11.8. The van der Waals surface area contributed by atoms with Crippen LogP contribution in [0, 0.1) is 12.8 Å². The van der Waals surface area contributed by atoms with Crippen LogP contribution in [-0.4, -0.2) is 9.97 Å². The molecule has 136 valence electrons. The lowest BCUT2D eigenvalue weighted by Crippen LogP contribution is -2.09. The van der Waals surface area contributed by atoms with Crippen molar-refractivity contribution in [1.82, 2.24) is 9.97 Å². The van der Waals surface area contributed by atoms with Gasteiger partial charge in [-0.05, 0) is 54.7 Å². The van der Waals surface area contributed by atoms with Gasteiger partial charge >= 0.3 is 0 Å². The van der Waals surface area contributed by atoms with Crippen molar-refractivity contribution < 1.29 is 4.42 Å². The molecule has 0 bridgehead atoms. The van der Waals surface area contributed by atoms with Crippen LogP contribution in [0.15, 0.2) is 53.2 Å². The average Bonchev–Trinajstić information content (AvgIpc) is 3.09. The molecule has 4 aromatic rings. The van der Waals surface area contributed by atoms with Crippen molar-refractivity contribution in [2.45, 2.75) is 45.4 Å².